The van der Waals surface area contributed by atoms with Crippen LogP contribution in [0, 0.1) is 0 Å². The summed E-state index contributed by atoms with van der Waals surface area (Å²) in [4.78, 5) is 39.6. The number of oxazole rings is 1. The number of esters is 1. The van der Waals surface area contributed by atoms with Crippen LogP contribution in [0.1, 0.15) is 10.4 Å². The molecule has 1 heterocycles. The molecule has 3 aromatic rings. The standard InChI is InChI=1S/C21H19N3O5/c1-22-18(25)12-23-19(26)13-28-21(27)16-10-6-5-9-15(16)20-24-11-17(29-20)14-7-3-2-4-8-14/h2-11H,12-13H2,1H3,(H,22,25)(H,23,26). The van der Waals surface area contributed by atoms with Crippen LogP contribution in [0.5, 0.6) is 0 Å². The van der Waals surface area contributed by atoms with Crippen molar-refractivity contribution in [2.24, 2.45) is 0 Å². The molecular formula is C21H19N3O5. The zero-order chi connectivity index (χ0) is 20.6. The molecule has 1 aromatic heterocycles. The van der Waals surface area contributed by atoms with Crippen molar-refractivity contribution in [1.29, 1.82) is 0 Å². The SMILES string of the molecule is CNC(=O)CNC(=O)COC(=O)c1ccccc1-c1ncc(-c2ccccc2)o1. The fraction of sp³-hybridized carbons (Fsp3) is 0.143. The number of likely N-dealkylation sites (N-methyl/N-ethyl adjacent to an activating group) is 1. The third-order valence-electron chi connectivity index (χ3n) is 4.00. The van der Waals surface area contributed by atoms with Gasteiger partial charge in [0.1, 0.15) is 0 Å². The summed E-state index contributed by atoms with van der Waals surface area (Å²) in [6.45, 7) is -0.701. The van der Waals surface area contributed by atoms with E-state index in [2.05, 4.69) is 15.6 Å². The van der Waals surface area contributed by atoms with Gasteiger partial charge in [-0.3, -0.25) is 9.59 Å². The fourth-order valence-corrected chi connectivity index (χ4v) is 2.51. The molecule has 0 saturated heterocycles. The van der Waals surface area contributed by atoms with Gasteiger partial charge >= 0.3 is 5.97 Å². The number of aromatic nitrogens is 1. The van der Waals surface area contributed by atoms with Gasteiger partial charge in [-0.1, -0.05) is 42.5 Å². The molecule has 0 aliphatic heterocycles. The van der Waals surface area contributed by atoms with Crippen molar-refractivity contribution in [2.45, 2.75) is 0 Å². The fourth-order valence-electron chi connectivity index (χ4n) is 2.51. The van der Waals surface area contributed by atoms with Crippen molar-refractivity contribution < 1.29 is 23.5 Å². The van der Waals surface area contributed by atoms with Crippen molar-refractivity contribution in [3.8, 4) is 22.8 Å². The largest absolute Gasteiger partial charge is 0.452 e. The second-order valence-corrected chi connectivity index (χ2v) is 5.97. The molecular weight excluding hydrogens is 374 g/mol. The Hall–Kier alpha value is -3.94. The number of amides is 2. The Labute approximate surface area is 166 Å². The van der Waals surface area contributed by atoms with Gasteiger partial charge in [-0.2, -0.15) is 0 Å². The van der Waals surface area contributed by atoms with E-state index in [0.717, 1.165) is 5.56 Å². The molecule has 2 aromatic carbocycles. The Balaban J connectivity index is 1.71. The van der Waals surface area contributed by atoms with Crippen LogP contribution >= 0.6 is 0 Å². The number of benzene rings is 2. The van der Waals surface area contributed by atoms with Crippen LogP contribution in [0.3, 0.4) is 0 Å². The first-order chi connectivity index (χ1) is 14.1. The van der Waals surface area contributed by atoms with Crippen LogP contribution in [-0.2, 0) is 14.3 Å². The number of carbonyl (C=O) groups excluding carboxylic acids is 3. The highest BCUT2D eigenvalue weighted by molar-refractivity contribution is 5.97. The second-order valence-electron chi connectivity index (χ2n) is 5.97. The van der Waals surface area contributed by atoms with Crippen LogP contribution in [-0.4, -0.2) is 43.0 Å². The molecule has 0 aliphatic rings. The van der Waals surface area contributed by atoms with E-state index in [1.807, 2.05) is 30.3 Å². The molecule has 0 aliphatic carbocycles. The summed E-state index contributed by atoms with van der Waals surface area (Å²) >= 11 is 0. The quantitative estimate of drug-likeness (QED) is 0.594. The normalized spacial score (nSPS) is 10.2. The lowest BCUT2D eigenvalue weighted by Crippen LogP contribution is -2.37. The summed E-state index contributed by atoms with van der Waals surface area (Å²) in [5, 5.41) is 4.72. The predicted molar refractivity (Wildman–Crippen MR) is 105 cm³/mol. The van der Waals surface area contributed by atoms with Crippen LogP contribution < -0.4 is 10.6 Å². The average molecular weight is 393 g/mol. The van der Waals surface area contributed by atoms with Gasteiger partial charge in [-0.05, 0) is 12.1 Å². The van der Waals surface area contributed by atoms with E-state index in [0.29, 0.717) is 11.3 Å². The molecule has 8 nitrogen and oxygen atoms in total. The summed E-state index contributed by atoms with van der Waals surface area (Å²) in [5.41, 5.74) is 1.53. The molecule has 29 heavy (non-hydrogen) atoms. The minimum atomic E-state index is -0.699. The molecule has 0 radical (unpaired) electrons. The molecule has 8 heteroatoms. The Kier molecular flexibility index (Phi) is 6.36. The number of rotatable bonds is 7. The van der Waals surface area contributed by atoms with Gasteiger partial charge < -0.3 is 19.8 Å². The van der Waals surface area contributed by atoms with Crippen LogP contribution in [0.4, 0.5) is 0 Å². The highest BCUT2D eigenvalue weighted by Gasteiger charge is 2.19. The van der Waals surface area contributed by atoms with Gasteiger partial charge in [-0.25, -0.2) is 9.78 Å². The molecule has 2 N–H and O–H groups in total. The van der Waals surface area contributed by atoms with Crippen LogP contribution in [0.25, 0.3) is 22.8 Å². The maximum Gasteiger partial charge on any atom is 0.339 e. The van der Waals surface area contributed by atoms with Crippen LogP contribution in [0.15, 0.2) is 65.2 Å². The van der Waals surface area contributed by atoms with Crippen molar-refractivity contribution in [1.82, 2.24) is 15.6 Å². The number of ether oxygens (including phenoxy) is 1. The molecule has 0 fully saturated rings. The first-order valence-electron chi connectivity index (χ1n) is 8.83. The molecule has 0 spiro atoms. The second kappa shape index (κ2) is 9.32. The molecule has 2 amide bonds. The van der Waals surface area contributed by atoms with Gasteiger partial charge in [0.25, 0.3) is 5.91 Å². The molecule has 148 valence electrons. The Bertz CT molecular complexity index is 1010. The summed E-state index contributed by atoms with van der Waals surface area (Å²) in [7, 11) is 1.46. The van der Waals surface area contributed by atoms with E-state index in [1.165, 1.54) is 7.05 Å². The number of hydrogen-bond acceptors (Lipinski definition) is 6. The Morgan fingerprint density at radius 1 is 1.00 bits per heavy atom. The smallest absolute Gasteiger partial charge is 0.339 e. The lowest BCUT2D eigenvalue weighted by Gasteiger charge is -2.08. The predicted octanol–water partition coefficient (Wildman–Crippen LogP) is 2.03. The van der Waals surface area contributed by atoms with Crippen molar-refractivity contribution in [3.05, 3.63) is 66.4 Å². The summed E-state index contributed by atoms with van der Waals surface area (Å²) in [6, 6.07) is 16.1. The maximum atomic E-state index is 12.5. The summed E-state index contributed by atoms with van der Waals surface area (Å²) < 4.78 is 10.9. The van der Waals surface area contributed by atoms with E-state index < -0.39 is 18.5 Å². The highest BCUT2D eigenvalue weighted by Crippen LogP contribution is 2.28. The van der Waals surface area contributed by atoms with Gasteiger partial charge in [0.2, 0.25) is 11.8 Å². The van der Waals surface area contributed by atoms with E-state index in [4.69, 9.17) is 9.15 Å². The molecule has 3 rings (SSSR count). The lowest BCUT2D eigenvalue weighted by atomic mass is 10.1. The lowest BCUT2D eigenvalue weighted by molar-refractivity contribution is -0.127. The third-order valence-corrected chi connectivity index (χ3v) is 4.00. The van der Waals surface area contributed by atoms with Gasteiger partial charge in [0.05, 0.1) is 23.9 Å². The average Bonchev–Trinajstić information content (AvgIpc) is 3.26. The zero-order valence-corrected chi connectivity index (χ0v) is 15.7. The minimum absolute atomic E-state index is 0.192. The zero-order valence-electron chi connectivity index (χ0n) is 15.7. The minimum Gasteiger partial charge on any atom is -0.452 e. The van der Waals surface area contributed by atoms with E-state index >= 15 is 0 Å². The maximum absolute atomic E-state index is 12.5. The van der Waals surface area contributed by atoms with Gasteiger partial charge in [0, 0.05) is 12.6 Å². The van der Waals surface area contributed by atoms with Crippen molar-refractivity contribution in [2.75, 3.05) is 20.2 Å². The Morgan fingerprint density at radius 3 is 2.48 bits per heavy atom. The molecule has 0 unspecified atom stereocenters. The van der Waals surface area contributed by atoms with E-state index in [1.54, 1.807) is 30.5 Å². The molecule has 0 atom stereocenters. The topological polar surface area (TPSA) is 111 Å². The van der Waals surface area contributed by atoms with Crippen molar-refractivity contribution >= 4 is 17.8 Å². The summed E-state index contributed by atoms with van der Waals surface area (Å²) in [5.74, 6) is -0.803. The van der Waals surface area contributed by atoms with Gasteiger partial charge in [0.15, 0.2) is 12.4 Å². The Morgan fingerprint density at radius 2 is 1.72 bits per heavy atom. The monoisotopic (exact) mass is 393 g/mol. The number of nitrogens with zero attached hydrogens (tertiary/aromatic N) is 1. The molecule has 0 saturated carbocycles. The number of hydrogen-bond donors (Lipinski definition) is 2. The van der Waals surface area contributed by atoms with E-state index in [9.17, 15) is 14.4 Å². The number of carbonyl (C=O) groups is 3. The van der Waals surface area contributed by atoms with Gasteiger partial charge in [-0.15, -0.1) is 0 Å². The number of nitrogens with one attached hydrogen (secondary N) is 2. The first-order valence-corrected chi connectivity index (χ1v) is 8.83. The van der Waals surface area contributed by atoms with E-state index in [-0.39, 0.29) is 23.9 Å². The summed E-state index contributed by atoms with van der Waals surface area (Å²) in [6.07, 6.45) is 1.58. The first kappa shape index (κ1) is 19.8. The highest BCUT2D eigenvalue weighted by atomic mass is 16.5. The third kappa shape index (κ3) is 5.07. The van der Waals surface area contributed by atoms with Crippen LogP contribution in [0.2, 0.25) is 0 Å². The van der Waals surface area contributed by atoms with Crippen molar-refractivity contribution in [3.63, 3.8) is 0 Å². The molecule has 0 bridgehead atoms.